The van der Waals surface area contributed by atoms with Gasteiger partial charge in [0.05, 0.1) is 17.8 Å². The molecule has 0 fully saturated rings. The molecule has 0 spiro atoms. The number of carboxylic acids is 1. The van der Waals surface area contributed by atoms with E-state index in [0.717, 1.165) is 0 Å². The molecule has 0 aliphatic carbocycles. The molecule has 7 heteroatoms. The third kappa shape index (κ3) is 3.05. The highest BCUT2D eigenvalue weighted by Crippen LogP contribution is 2.36. The molecule has 2 aromatic rings. The van der Waals surface area contributed by atoms with Crippen LogP contribution in [0.4, 0.5) is 5.69 Å². The number of carbonyl (C=O) groups is 2. The number of ether oxygens (including phenoxy) is 1. The predicted octanol–water partition coefficient (Wildman–Crippen LogP) is 4.01. The van der Waals surface area contributed by atoms with Gasteiger partial charge in [-0.2, -0.15) is 0 Å². The van der Waals surface area contributed by atoms with Crippen LogP contribution in [0.1, 0.15) is 22.8 Å². The first-order chi connectivity index (χ1) is 11.4. The van der Waals surface area contributed by atoms with E-state index in [1.807, 2.05) is 0 Å². The molecule has 5 nitrogen and oxygen atoms in total. The van der Waals surface area contributed by atoms with Crippen LogP contribution in [0.15, 0.2) is 36.4 Å². The van der Waals surface area contributed by atoms with Gasteiger partial charge in [0.1, 0.15) is 5.75 Å². The van der Waals surface area contributed by atoms with Gasteiger partial charge in [-0.3, -0.25) is 4.79 Å². The van der Waals surface area contributed by atoms with E-state index in [1.165, 1.54) is 17.0 Å². The van der Waals surface area contributed by atoms with Crippen molar-refractivity contribution in [3.63, 3.8) is 0 Å². The molecule has 24 heavy (non-hydrogen) atoms. The summed E-state index contributed by atoms with van der Waals surface area (Å²) < 4.78 is 5.56. The minimum atomic E-state index is -1.08. The van der Waals surface area contributed by atoms with Crippen LogP contribution in [0.5, 0.6) is 5.75 Å². The molecule has 1 aliphatic rings. The summed E-state index contributed by atoms with van der Waals surface area (Å²) in [6.07, 6.45) is -0.667. The number of fused-ring (bicyclic) bond motifs is 1. The van der Waals surface area contributed by atoms with Gasteiger partial charge in [0.25, 0.3) is 5.91 Å². The molecule has 0 aromatic heterocycles. The number of hydrogen-bond donors (Lipinski definition) is 1. The topological polar surface area (TPSA) is 66.8 Å². The fraction of sp³-hybridized carbons (Fsp3) is 0.176. The Morgan fingerprint density at radius 2 is 2.00 bits per heavy atom. The number of aromatic carboxylic acids is 1. The lowest BCUT2D eigenvalue weighted by molar-refractivity contribution is -0.125. The Morgan fingerprint density at radius 1 is 1.25 bits per heavy atom. The van der Waals surface area contributed by atoms with Crippen LogP contribution >= 0.6 is 23.2 Å². The average molecular weight is 366 g/mol. The van der Waals surface area contributed by atoms with E-state index in [4.69, 9.17) is 27.9 Å². The number of hydrogen-bond acceptors (Lipinski definition) is 3. The van der Waals surface area contributed by atoms with Crippen molar-refractivity contribution in [1.82, 2.24) is 0 Å². The zero-order chi connectivity index (χ0) is 17.4. The zero-order valence-corrected chi connectivity index (χ0v) is 14.1. The second kappa shape index (κ2) is 6.34. The summed E-state index contributed by atoms with van der Waals surface area (Å²) in [6.45, 7) is 1.84. The van der Waals surface area contributed by atoms with E-state index in [2.05, 4.69) is 0 Å². The Labute approximate surface area is 148 Å². The summed E-state index contributed by atoms with van der Waals surface area (Å²) in [4.78, 5) is 25.2. The molecule has 1 N–H and O–H groups in total. The van der Waals surface area contributed by atoms with Crippen molar-refractivity contribution in [1.29, 1.82) is 0 Å². The van der Waals surface area contributed by atoms with E-state index in [0.29, 0.717) is 27.0 Å². The van der Waals surface area contributed by atoms with Gasteiger partial charge in [0.2, 0.25) is 0 Å². The maximum Gasteiger partial charge on any atom is 0.335 e. The number of nitrogens with zero attached hydrogens (tertiary/aromatic N) is 1. The van der Waals surface area contributed by atoms with Crippen molar-refractivity contribution < 1.29 is 19.4 Å². The Kier molecular flexibility index (Phi) is 4.39. The SMILES string of the molecule is CC1Oc2ccc(C(=O)O)cc2N(Cc2ccc(Cl)cc2Cl)C1=O. The lowest BCUT2D eigenvalue weighted by atomic mass is 10.1. The van der Waals surface area contributed by atoms with Gasteiger partial charge in [-0.15, -0.1) is 0 Å². The summed E-state index contributed by atoms with van der Waals surface area (Å²) in [5, 5.41) is 10.1. The minimum Gasteiger partial charge on any atom is -0.479 e. The van der Waals surface area contributed by atoms with Gasteiger partial charge >= 0.3 is 5.97 Å². The number of carboxylic acid groups (broad SMARTS) is 1. The number of amides is 1. The van der Waals surface area contributed by atoms with Crippen LogP contribution in [-0.2, 0) is 11.3 Å². The molecule has 0 radical (unpaired) electrons. The molecule has 0 bridgehead atoms. The maximum atomic E-state index is 12.5. The zero-order valence-electron chi connectivity index (χ0n) is 12.6. The molecule has 2 aromatic carbocycles. The summed E-state index contributed by atoms with van der Waals surface area (Å²) in [5.74, 6) is -0.887. The summed E-state index contributed by atoms with van der Waals surface area (Å²) in [6, 6.07) is 9.44. The molecule has 1 aliphatic heterocycles. The van der Waals surface area contributed by atoms with Crippen molar-refractivity contribution in [2.45, 2.75) is 19.6 Å². The standard InChI is InChI=1S/C17H13Cl2NO4/c1-9-16(21)20(8-11-2-4-12(18)7-13(11)19)14-6-10(17(22)23)3-5-15(14)24-9/h2-7,9H,8H2,1H3,(H,22,23). The normalized spacial score (nSPS) is 16.5. The largest absolute Gasteiger partial charge is 0.479 e. The smallest absolute Gasteiger partial charge is 0.335 e. The number of carbonyl (C=O) groups excluding carboxylic acids is 1. The second-order valence-electron chi connectivity index (χ2n) is 5.41. The minimum absolute atomic E-state index is 0.0758. The molecule has 1 unspecified atom stereocenters. The van der Waals surface area contributed by atoms with Crippen LogP contribution in [0.3, 0.4) is 0 Å². The Hall–Kier alpha value is -2.24. The van der Waals surface area contributed by atoms with Crippen molar-refractivity contribution in [3.05, 3.63) is 57.6 Å². The molecular formula is C17H13Cl2NO4. The van der Waals surface area contributed by atoms with Gasteiger partial charge in [-0.05, 0) is 42.8 Å². The summed E-state index contributed by atoms with van der Waals surface area (Å²) in [7, 11) is 0. The number of benzene rings is 2. The Bertz CT molecular complexity index is 837. The van der Waals surface area contributed by atoms with Crippen molar-refractivity contribution >= 4 is 40.8 Å². The predicted molar refractivity (Wildman–Crippen MR) is 91.1 cm³/mol. The number of halogens is 2. The van der Waals surface area contributed by atoms with E-state index < -0.39 is 12.1 Å². The fourth-order valence-electron chi connectivity index (χ4n) is 2.52. The Balaban J connectivity index is 2.04. The van der Waals surface area contributed by atoms with Gasteiger partial charge in [0.15, 0.2) is 6.10 Å². The van der Waals surface area contributed by atoms with Gasteiger partial charge in [0, 0.05) is 10.0 Å². The van der Waals surface area contributed by atoms with Crippen LogP contribution in [-0.4, -0.2) is 23.1 Å². The van der Waals surface area contributed by atoms with Crippen LogP contribution in [0.25, 0.3) is 0 Å². The Morgan fingerprint density at radius 3 is 2.67 bits per heavy atom. The molecule has 1 atom stereocenters. The monoisotopic (exact) mass is 365 g/mol. The molecule has 3 rings (SSSR count). The number of anilines is 1. The molecule has 1 amide bonds. The first-order valence-corrected chi connectivity index (χ1v) is 7.91. The van der Waals surface area contributed by atoms with E-state index in [-0.39, 0.29) is 18.0 Å². The lowest BCUT2D eigenvalue weighted by Crippen LogP contribution is -2.44. The van der Waals surface area contributed by atoms with Gasteiger partial charge < -0.3 is 14.7 Å². The molecule has 1 heterocycles. The molecular weight excluding hydrogens is 353 g/mol. The first-order valence-electron chi connectivity index (χ1n) is 7.16. The first kappa shape index (κ1) is 16.6. The fourth-order valence-corrected chi connectivity index (χ4v) is 2.99. The highest BCUT2D eigenvalue weighted by Gasteiger charge is 2.32. The second-order valence-corrected chi connectivity index (χ2v) is 6.25. The van der Waals surface area contributed by atoms with Crippen LogP contribution in [0.2, 0.25) is 10.0 Å². The van der Waals surface area contributed by atoms with Crippen LogP contribution in [0, 0.1) is 0 Å². The van der Waals surface area contributed by atoms with Crippen molar-refractivity contribution in [2.75, 3.05) is 4.90 Å². The molecule has 0 saturated carbocycles. The highest BCUT2D eigenvalue weighted by atomic mass is 35.5. The summed E-state index contributed by atoms with van der Waals surface area (Å²) in [5.41, 5.74) is 1.19. The van der Waals surface area contributed by atoms with Gasteiger partial charge in [-0.25, -0.2) is 4.79 Å². The molecule has 0 saturated heterocycles. The number of rotatable bonds is 3. The summed E-state index contributed by atoms with van der Waals surface area (Å²) >= 11 is 12.1. The lowest BCUT2D eigenvalue weighted by Gasteiger charge is -2.33. The quantitative estimate of drug-likeness (QED) is 0.892. The average Bonchev–Trinajstić information content (AvgIpc) is 2.53. The van der Waals surface area contributed by atoms with E-state index in [9.17, 15) is 14.7 Å². The molecule has 124 valence electrons. The maximum absolute atomic E-state index is 12.5. The highest BCUT2D eigenvalue weighted by molar-refractivity contribution is 6.35. The van der Waals surface area contributed by atoms with Gasteiger partial charge in [-0.1, -0.05) is 29.3 Å². The van der Waals surface area contributed by atoms with E-state index >= 15 is 0 Å². The third-order valence-corrected chi connectivity index (χ3v) is 4.34. The van der Waals surface area contributed by atoms with Crippen LogP contribution < -0.4 is 9.64 Å². The third-order valence-electron chi connectivity index (χ3n) is 3.76. The van der Waals surface area contributed by atoms with Crippen molar-refractivity contribution in [3.8, 4) is 5.75 Å². The van der Waals surface area contributed by atoms with E-state index in [1.54, 1.807) is 31.2 Å². The van der Waals surface area contributed by atoms with Crippen molar-refractivity contribution in [2.24, 2.45) is 0 Å².